The average molecular weight is 438 g/mol. The summed E-state index contributed by atoms with van der Waals surface area (Å²) in [7, 11) is -2.28. The zero-order valence-corrected chi connectivity index (χ0v) is 17.9. The van der Waals surface area contributed by atoms with Crippen molar-refractivity contribution >= 4 is 38.4 Å². The van der Waals surface area contributed by atoms with Gasteiger partial charge in [0.05, 0.1) is 17.7 Å². The smallest absolute Gasteiger partial charge is 0.350 e. The number of hydrogen-bond donors (Lipinski definition) is 1. The van der Waals surface area contributed by atoms with Crippen LogP contribution in [0, 0.1) is 6.92 Å². The number of ether oxygens (including phenoxy) is 1. The quantitative estimate of drug-likeness (QED) is 0.721. The third-order valence-corrected chi connectivity index (χ3v) is 7.67. The molecule has 1 aliphatic heterocycles. The second kappa shape index (κ2) is 9.02. The minimum atomic E-state index is -3.56. The number of anilines is 1. The molecule has 1 amide bonds. The van der Waals surface area contributed by atoms with Crippen molar-refractivity contribution in [1.29, 1.82) is 0 Å². The predicted molar refractivity (Wildman–Crippen MR) is 110 cm³/mol. The number of carbonyl (C=O) groups is 2. The Morgan fingerprint density at radius 2 is 1.72 bits per heavy atom. The summed E-state index contributed by atoms with van der Waals surface area (Å²) in [4.78, 5) is 28.8. The van der Waals surface area contributed by atoms with E-state index in [4.69, 9.17) is 0 Å². The maximum atomic E-state index is 12.8. The van der Waals surface area contributed by atoms with Crippen LogP contribution >= 0.6 is 11.3 Å². The Hall–Kier alpha value is -2.30. The lowest BCUT2D eigenvalue weighted by molar-refractivity contribution is 0.0605. The molecule has 156 valence electrons. The van der Waals surface area contributed by atoms with Crippen molar-refractivity contribution in [3.63, 3.8) is 0 Å². The first-order valence-corrected chi connectivity index (χ1v) is 11.6. The maximum Gasteiger partial charge on any atom is 0.350 e. The zero-order valence-electron chi connectivity index (χ0n) is 16.3. The molecule has 0 saturated carbocycles. The van der Waals surface area contributed by atoms with Gasteiger partial charge in [-0.2, -0.15) is 4.31 Å². The molecule has 2 heterocycles. The minimum absolute atomic E-state index is 0.175. The summed E-state index contributed by atoms with van der Waals surface area (Å²) in [6, 6.07) is 5.84. The van der Waals surface area contributed by atoms with Crippen LogP contribution in [0.15, 0.2) is 29.2 Å². The lowest BCUT2D eigenvalue weighted by Crippen LogP contribution is -2.31. The van der Waals surface area contributed by atoms with E-state index in [9.17, 15) is 18.0 Å². The molecule has 1 aromatic carbocycles. The van der Waals surface area contributed by atoms with E-state index in [1.54, 1.807) is 6.92 Å². The molecule has 0 radical (unpaired) electrons. The Morgan fingerprint density at radius 3 is 2.31 bits per heavy atom. The Kier molecular flexibility index (Phi) is 6.66. The van der Waals surface area contributed by atoms with Gasteiger partial charge in [0.15, 0.2) is 5.13 Å². The van der Waals surface area contributed by atoms with E-state index in [1.807, 2.05) is 0 Å². The Bertz CT molecular complexity index is 991. The molecular weight excluding hydrogens is 414 g/mol. The van der Waals surface area contributed by atoms with Gasteiger partial charge in [0, 0.05) is 18.7 Å². The van der Waals surface area contributed by atoms with E-state index in [2.05, 4.69) is 15.0 Å². The van der Waals surface area contributed by atoms with Gasteiger partial charge in [-0.15, -0.1) is 0 Å². The first-order valence-electron chi connectivity index (χ1n) is 9.30. The molecule has 0 spiro atoms. The van der Waals surface area contributed by atoms with E-state index in [0.717, 1.165) is 37.0 Å². The lowest BCUT2D eigenvalue weighted by atomic mass is 10.2. The summed E-state index contributed by atoms with van der Waals surface area (Å²) in [6.45, 7) is 2.70. The number of amides is 1. The monoisotopic (exact) mass is 437 g/mol. The van der Waals surface area contributed by atoms with Crippen molar-refractivity contribution in [2.45, 2.75) is 37.5 Å². The number of nitrogens with one attached hydrogen (secondary N) is 1. The van der Waals surface area contributed by atoms with Crippen molar-refractivity contribution in [3.8, 4) is 0 Å². The number of nitrogens with zero attached hydrogens (tertiary/aromatic N) is 2. The highest BCUT2D eigenvalue weighted by atomic mass is 32.2. The predicted octanol–water partition coefficient (Wildman–Crippen LogP) is 3.06. The maximum absolute atomic E-state index is 12.8. The summed E-state index contributed by atoms with van der Waals surface area (Å²) in [5, 5.41) is 2.90. The number of rotatable bonds is 5. The normalized spacial score (nSPS) is 15.5. The highest BCUT2D eigenvalue weighted by molar-refractivity contribution is 7.89. The number of hydrogen-bond acceptors (Lipinski definition) is 7. The third-order valence-electron chi connectivity index (χ3n) is 4.71. The van der Waals surface area contributed by atoms with E-state index in [-0.39, 0.29) is 10.0 Å². The standard InChI is InChI=1S/C19H23N3O5S2/c1-13-16(18(24)27-2)28-19(20-13)21-17(23)14-7-9-15(10-8-14)29(25,26)22-11-5-3-4-6-12-22/h7-10H,3-6,11-12H2,1-2H3,(H,20,21,23). The molecule has 0 aliphatic carbocycles. The van der Waals surface area contributed by atoms with E-state index in [0.29, 0.717) is 29.2 Å². The largest absolute Gasteiger partial charge is 0.465 e. The average Bonchev–Trinajstić information content (AvgIpc) is 2.91. The number of methoxy groups -OCH3 is 1. The van der Waals surface area contributed by atoms with Crippen LogP contribution in [0.2, 0.25) is 0 Å². The zero-order chi connectivity index (χ0) is 21.0. The van der Waals surface area contributed by atoms with Gasteiger partial charge in [0.25, 0.3) is 5.91 Å². The van der Waals surface area contributed by atoms with Crippen LogP contribution in [0.1, 0.15) is 51.4 Å². The number of esters is 1. The Morgan fingerprint density at radius 1 is 1.10 bits per heavy atom. The molecule has 10 heteroatoms. The van der Waals surface area contributed by atoms with Gasteiger partial charge in [0.1, 0.15) is 4.88 Å². The van der Waals surface area contributed by atoms with Gasteiger partial charge in [-0.1, -0.05) is 24.2 Å². The van der Waals surface area contributed by atoms with Crippen molar-refractivity contribution < 1.29 is 22.7 Å². The number of sulfonamides is 1. The number of aromatic nitrogens is 1. The van der Waals surface area contributed by atoms with Crippen molar-refractivity contribution in [2.24, 2.45) is 0 Å². The van der Waals surface area contributed by atoms with Crippen LogP contribution in [-0.4, -0.2) is 49.8 Å². The van der Waals surface area contributed by atoms with Crippen molar-refractivity contribution in [3.05, 3.63) is 40.4 Å². The van der Waals surface area contributed by atoms with Gasteiger partial charge in [-0.05, 0) is 44.0 Å². The first kappa shape index (κ1) is 21.4. The number of carbonyl (C=O) groups excluding carboxylic acids is 2. The van der Waals surface area contributed by atoms with Crippen molar-refractivity contribution in [1.82, 2.24) is 9.29 Å². The Balaban J connectivity index is 1.72. The summed E-state index contributed by atoms with van der Waals surface area (Å²) in [6.07, 6.45) is 3.80. The molecule has 29 heavy (non-hydrogen) atoms. The van der Waals surface area contributed by atoms with Gasteiger partial charge in [-0.3, -0.25) is 10.1 Å². The SMILES string of the molecule is COC(=O)c1sc(NC(=O)c2ccc(S(=O)(=O)N3CCCCCC3)cc2)nc1C. The van der Waals surface area contributed by atoms with Gasteiger partial charge in [-0.25, -0.2) is 18.2 Å². The Labute approximate surface area is 173 Å². The second-order valence-corrected chi connectivity index (χ2v) is 9.66. The van der Waals surface area contributed by atoms with Crippen LogP contribution in [0.3, 0.4) is 0 Å². The molecule has 1 saturated heterocycles. The molecule has 1 aromatic heterocycles. The molecule has 0 unspecified atom stereocenters. The second-order valence-electron chi connectivity index (χ2n) is 6.72. The van der Waals surface area contributed by atoms with Gasteiger partial charge in [0.2, 0.25) is 10.0 Å². The summed E-state index contributed by atoms with van der Waals surface area (Å²) >= 11 is 1.02. The highest BCUT2D eigenvalue weighted by Gasteiger charge is 2.25. The van der Waals surface area contributed by atoms with Crippen LogP contribution < -0.4 is 5.32 Å². The lowest BCUT2D eigenvalue weighted by Gasteiger charge is -2.20. The van der Waals surface area contributed by atoms with E-state index in [1.165, 1.54) is 35.7 Å². The third kappa shape index (κ3) is 4.82. The van der Waals surface area contributed by atoms with Crippen LogP contribution in [0.4, 0.5) is 5.13 Å². The summed E-state index contributed by atoms with van der Waals surface area (Å²) < 4.78 is 31.8. The van der Waals surface area contributed by atoms with Gasteiger partial charge >= 0.3 is 5.97 Å². The minimum Gasteiger partial charge on any atom is -0.465 e. The molecule has 0 bridgehead atoms. The fraction of sp³-hybridized carbons (Fsp3) is 0.421. The molecule has 1 aliphatic rings. The first-order chi connectivity index (χ1) is 13.8. The molecule has 0 atom stereocenters. The van der Waals surface area contributed by atoms with E-state index < -0.39 is 21.9 Å². The molecule has 3 rings (SSSR count). The fourth-order valence-electron chi connectivity index (χ4n) is 3.11. The highest BCUT2D eigenvalue weighted by Crippen LogP contribution is 2.24. The van der Waals surface area contributed by atoms with Crippen LogP contribution in [0.25, 0.3) is 0 Å². The number of aryl methyl sites for hydroxylation is 1. The molecule has 2 aromatic rings. The molecule has 1 fully saturated rings. The number of thiazole rings is 1. The van der Waals surface area contributed by atoms with Crippen molar-refractivity contribution in [2.75, 3.05) is 25.5 Å². The summed E-state index contributed by atoms with van der Waals surface area (Å²) in [5.41, 5.74) is 0.767. The van der Waals surface area contributed by atoms with E-state index >= 15 is 0 Å². The fourth-order valence-corrected chi connectivity index (χ4v) is 5.51. The summed E-state index contributed by atoms with van der Waals surface area (Å²) in [5.74, 6) is -0.947. The van der Waals surface area contributed by atoms with Crippen LogP contribution in [0.5, 0.6) is 0 Å². The molecule has 1 N–H and O–H groups in total. The topological polar surface area (TPSA) is 106 Å². The number of benzene rings is 1. The van der Waals surface area contributed by atoms with Crippen LogP contribution in [-0.2, 0) is 14.8 Å². The molecular formula is C19H23N3O5S2. The molecule has 8 nitrogen and oxygen atoms in total. The van der Waals surface area contributed by atoms with Gasteiger partial charge < -0.3 is 4.74 Å².